The smallest absolute Gasteiger partial charge is 0.272 e. The van der Waals surface area contributed by atoms with Gasteiger partial charge < -0.3 is 0 Å². The standard InChI is InChI=1S/C24H45O4P/c1-4-7-10-13-16-19-22(25)29(28,23(26)20-17-14-11-8-5-2)24(27)21-18-15-12-9-6-3/h4-21H2,1-3H3. The van der Waals surface area contributed by atoms with Crippen molar-refractivity contribution in [3.8, 4) is 0 Å². The molecule has 0 fully saturated rings. The zero-order valence-corrected chi connectivity index (χ0v) is 20.2. The summed E-state index contributed by atoms with van der Waals surface area (Å²) in [6.45, 7) is 6.37. The Hall–Kier alpha value is -0.760. The third-order valence-corrected chi connectivity index (χ3v) is 8.31. The molecule has 0 heterocycles. The summed E-state index contributed by atoms with van der Waals surface area (Å²) in [6.07, 6.45) is 14.6. The lowest BCUT2D eigenvalue weighted by Crippen LogP contribution is -2.17. The summed E-state index contributed by atoms with van der Waals surface area (Å²) in [5, 5.41) is 0. The average Bonchev–Trinajstić information content (AvgIpc) is 2.72. The van der Waals surface area contributed by atoms with Gasteiger partial charge in [-0.1, -0.05) is 97.8 Å². The van der Waals surface area contributed by atoms with Crippen molar-refractivity contribution in [1.82, 2.24) is 0 Å². The summed E-state index contributed by atoms with van der Waals surface area (Å²) < 4.78 is 13.4. The summed E-state index contributed by atoms with van der Waals surface area (Å²) >= 11 is 0. The first-order chi connectivity index (χ1) is 13.9. The highest BCUT2D eigenvalue weighted by molar-refractivity contribution is 8.06. The van der Waals surface area contributed by atoms with Crippen molar-refractivity contribution in [2.45, 2.75) is 136 Å². The molecule has 0 bridgehead atoms. The van der Waals surface area contributed by atoms with E-state index in [1.807, 2.05) is 0 Å². The van der Waals surface area contributed by atoms with Gasteiger partial charge in [0.15, 0.2) is 0 Å². The van der Waals surface area contributed by atoms with Gasteiger partial charge >= 0.3 is 0 Å². The second-order valence-corrected chi connectivity index (χ2v) is 11.0. The minimum Gasteiger partial charge on any atom is -0.299 e. The Kier molecular flexibility index (Phi) is 17.6. The highest BCUT2D eigenvalue weighted by Crippen LogP contribution is 2.52. The topological polar surface area (TPSA) is 68.3 Å². The van der Waals surface area contributed by atoms with Gasteiger partial charge in [-0.25, -0.2) is 0 Å². The molecule has 0 aliphatic heterocycles. The van der Waals surface area contributed by atoms with Crippen LogP contribution in [0.5, 0.6) is 0 Å². The van der Waals surface area contributed by atoms with Gasteiger partial charge in [0, 0.05) is 19.3 Å². The van der Waals surface area contributed by atoms with Crippen LogP contribution in [0.3, 0.4) is 0 Å². The molecular weight excluding hydrogens is 383 g/mol. The Balaban J connectivity index is 4.85. The molecule has 29 heavy (non-hydrogen) atoms. The zero-order chi connectivity index (χ0) is 22.0. The van der Waals surface area contributed by atoms with Crippen molar-refractivity contribution in [2.75, 3.05) is 0 Å². The molecule has 0 atom stereocenters. The molecule has 0 spiro atoms. The van der Waals surface area contributed by atoms with Crippen LogP contribution in [0, 0.1) is 0 Å². The van der Waals surface area contributed by atoms with Crippen molar-refractivity contribution in [3.05, 3.63) is 0 Å². The Bertz CT molecular complexity index is 442. The molecule has 0 radical (unpaired) electrons. The van der Waals surface area contributed by atoms with E-state index in [0.717, 1.165) is 77.0 Å². The van der Waals surface area contributed by atoms with Gasteiger partial charge in [-0.2, -0.15) is 0 Å². The molecule has 0 rings (SSSR count). The van der Waals surface area contributed by atoms with Crippen LogP contribution in [0.2, 0.25) is 0 Å². The van der Waals surface area contributed by atoms with Crippen molar-refractivity contribution in [2.24, 2.45) is 0 Å². The molecule has 0 aromatic carbocycles. The molecule has 4 nitrogen and oxygen atoms in total. The van der Waals surface area contributed by atoms with Crippen LogP contribution in [0.4, 0.5) is 0 Å². The predicted molar refractivity (Wildman–Crippen MR) is 123 cm³/mol. The zero-order valence-electron chi connectivity index (χ0n) is 19.3. The maximum atomic E-state index is 13.4. The van der Waals surface area contributed by atoms with Gasteiger partial charge in [0.05, 0.1) is 0 Å². The van der Waals surface area contributed by atoms with E-state index in [9.17, 15) is 18.9 Å². The third kappa shape index (κ3) is 11.9. The molecule has 0 aromatic rings. The number of unbranched alkanes of at least 4 members (excludes halogenated alkanes) is 12. The Morgan fingerprint density at radius 1 is 0.448 bits per heavy atom. The molecule has 0 aromatic heterocycles. The Morgan fingerprint density at radius 3 is 0.931 bits per heavy atom. The third-order valence-electron chi connectivity index (χ3n) is 5.54. The average molecular weight is 429 g/mol. The van der Waals surface area contributed by atoms with Gasteiger partial charge in [-0.05, 0) is 19.3 Å². The molecule has 0 saturated carbocycles. The fourth-order valence-corrected chi connectivity index (χ4v) is 5.78. The van der Waals surface area contributed by atoms with E-state index in [0.29, 0.717) is 19.3 Å². The second kappa shape index (κ2) is 18.0. The summed E-state index contributed by atoms with van der Waals surface area (Å²) in [5.41, 5.74) is -1.73. The van der Waals surface area contributed by atoms with E-state index in [-0.39, 0.29) is 19.3 Å². The number of carbonyl (C=O) groups is 3. The number of rotatable bonds is 21. The van der Waals surface area contributed by atoms with Crippen LogP contribution >= 0.6 is 7.14 Å². The second-order valence-electron chi connectivity index (χ2n) is 8.28. The summed E-state index contributed by atoms with van der Waals surface area (Å²) in [5.74, 6) is 0. The number of carbonyl (C=O) groups excluding carboxylic acids is 3. The Labute approximate surface area is 179 Å². The molecule has 0 amide bonds. The normalized spacial score (nSPS) is 11.6. The maximum Gasteiger partial charge on any atom is 0.272 e. The SMILES string of the molecule is CCCCCCCC(=O)P(=O)(C(=O)CCCCCCC)C(=O)CCCCCCC. The van der Waals surface area contributed by atoms with Gasteiger partial charge in [0.2, 0.25) is 16.6 Å². The van der Waals surface area contributed by atoms with Crippen molar-refractivity contribution >= 4 is 23.7 Å². The highest BCUT2D eigenvalue weighted by Gasteiger charge is 2.44. The molecular formula is C24H45O4P. The van der Waals surface area contributed by atoms with Crippen molar-refractivity contribution in [1.29, 1.82) is 0 Å². The van der Waals surface area contributed by atoms with Gasteiger partial charge in [0.25, 0.3) is 7.14 Å². The first kappa shape index (κ1) is 28.2. The fraction of sp³-hybridized carbons (Fsp3) is 0.875. The molecule has 0 N–H and O–H groups in total. The minimum absolute atomic E-state index is 0.101. The number of hydrogen-bond acceptors (Lipinski definition) is 4. The summed E-state index contributed by atoms with van der Waals surface area (Å²) in [6, 6.07) is 0. The van der Waals surface area contributed by atoms with E-state index in [1.165, 1.54) is 0 Å². The van der Waals surface area contributed by atoms with Crippen LogP contribution in [-0.2, 0) is 18.9 Å². The lowest BCUT2D eigenvalue weighted by Gasteiger charge is -2.15. The van der Waals surface area contributed by atoms with E-state index in [4.69, 9.17) is 0 Å². The summed E-state index contributed by atoms with van der Waals surface area (Å²) in [4.78, 5) is 38.2. The highest BCUT2D eigenvalue weighted by atomic mass is 31.2. The molecule has 0 aliphatic carbocycles. The van der Waals surface area contributed by atoms with Gasteiger partial charge in [-0.3, -0.25) is 18.9 Å². The lowest BCUT2D eigenvalue weighted by atomic mass is 10.1. The molecule has 5 heteroatoms. The lowest BCUT2D eigenvalue weighted by molar-refractivity contribution is -0.118. The molecule has 0 aliphatic rings. The van der Waals surface area contributed by atoms with Crippen LogP contribution in [-0.4, -0.2) is 16.6 Å². The molecule has 0 saturated heterocycles. The maximum absolute atomic E-state index is 13.4. The van der Waals surface area contributed by atoms with E-state index < -0.39 is 23.7 Å². The van der Waals surface area contributed by atoms with Gasteiger partial charge in [0.1, 0.15) is 0 Å². The van der Waals surface area contributed by atoms with E-state index in [1.54, 1.807) is 0 Å². The van der Waals surface area contributed by atoms with Crippen molar-refractivity contribution < 1.29 is 18.9 Å². The molecule has 170 valence electrons. The quantitative estimate of drug-likeness (QED) is 0.137. The van der Waals surface area contributed by atoms with E-state index in [2.05, 4.69) is 20.8 Å². The number of hydrogen-bond donors (Lipinski definition) is 0. The van der Waals surface area contributed by atoms with Crippen LogP contribution in [0.25, 0.3) is 0 Å². The minimum atomic E-state index is -4.08. The largest absolute Gasteiger partial charge is 0.299 e. The fourth-order valence-electron chi connectivity index (χ4n) is 3.53. The predicted octanol–water partition coefficient (Wildman–Crippen LogP) is 8.01. The monoisotopic (exact) mass is 428 g/mol. The van der Waals surface area contributed by atoms with E-state index >= 15 is 0 Å². The first-order valence-corrected chi connectivity index (χ1v) is 13.9. The van der Waals surface area contributed by atoms with Crippen LogP contribution in [0.15, 0.2) is 0 Å². The first-order valence-electron chi connectivity index (χ1n) is 12.1. The van der Waals surface area contributed by atoms with Crippen LogP contribution in [0.1, 0.15) is 136 Å². The van der Waals surface area contributed by atoms with Crippen molar-refractivity contribution in [3.63, 3.8) is 0 Å². The Morgan fingerprint density at radius 2 is 0.690 bits per heavy atom. The van der Waals surface area contributed by atoms with Crippen LogP contribution < -0.4 is 0 Å². The van der Waals surface area contributed by atoms with Gasteiger partial charge in [-0.15, -0.1) is 0 Å². The molecule has 0 unspecified atom stereocenters. The summed E-state index contributed by atoms with van der Waals surface area (Å²) in [7, 11) is -4.08.